The number of ether oxygens (including phenoxy) is 1. The van der Waals surface area contributed by atoms with E-state index in [2.05, 4.69) is 19.7 Å². The van der Waals surface area contributed by atoms with Crippen molar-refractivity contribution in [1.82, 2.24) is 19.5 Å². The number of nitrogen functional groups attached to an aromatic ring is 1. The molecule has 0 saturated carbocycles. The molecule has 0 aliphatic carbocycles. The van der Waals surface area contributed by atoms with Crippen LogP contribution in [0.15, 0.2) is 6.33 Å². The van der Waals surface area contributed by atoms with Gasteiger partial charge in [-0.15, -0.1) is 0 Å². The molecule has 2 aromatic rings. The van der Waals surface area contributed by atoms with E-state index in [-0.39, 0.29) is 11.1 Å². The predicted molar refractivity (Wildman–Crippen MR) is 61.5 cm³/mol. The first-order valence-corrected chi connectivity index (χ1v) is 5.15. The maximum atomic E-state index is 11.5. The number of carbonyl (C=O) groups excluding carboxylic acids is 1. The number of nitrogens with two attached hydrogens (primary N) is 1. The van der Waals surface area contributed by atoms with Gasteiger partial charge in [0.05, 0.1) is 13.4 Å². The van der Waals surface area contributed by atoms with Crippen LogP contribution in [0.4, 0.5) is 5.95 Å². The molecule has 8 heteroatoms. The molecule has 2 rings (SSSR count). The molecule has 0 spiro atoms. The fourth-order valence-electron chi connectivity index (χ4n) is 1.50. The van der Waals surface area contributed by atoms with Gasteiger partial charge in [0.25, 0.3) is 0 Å². The first kappa shape index (κ1) is 11.6. The van der Waals surface area contributed by atoms with E-state index in [1.54, 1.807) is 11.5 Å². The summed E-state index contributed by atoms with van der Waals surface area (Å²) >= 11 is 5.96. The van der Waals surface area contributed by atoms with Crippen LogP contribution in [-0.2, 0) is 9.53 Å². The van der Waals surface area contributed by atoms with Gasteiger partial charge in [-0.25, -0.2) is 9.78 Å². The SMILES string of the molecule is COC(=O)C(C)n1cnc2nc(N)nc(Cl)c21. The van der Waals surface area contributed by atoms with Crippen molar-refractivity contribution in [2.75, 3.05) is 12.8 Å². The molecule has 0 radical (unpaired) electrons. The number of aromatic nitrogens is 4. The quantitative estimate of drug-likeness (QED) is 0.630. The van der Waals surface area contributed by atoms with E-state index in [1.165, 1.54) is 13.4 Å². The fraction of sp³-hybridized carbons (Fsp3) is 0.333. The Labute approximate surface area is 102 Å². The van der Waals surface area contributed by atoms with Crippen LogP contribution < -0.4 is 5.73 Å². The van der Waals surface area contributed by atoms with Gasteiger partial charge in [-0.05, 0) is 6.92 Å². The second-order valence-corrected chi connectivity index (χ2v) is 3.75. The topological polar surface area (TPSA) is 95.9 Å². The van der Waals surface area contributed by atoms with E-state index in [4.69, 9.17) is 17.3 Å². The Kier molecular flexibility index (Phi) is 2.84. The van der Waals surface area contributed by atoms with Crippen molar-refractivity contribution >= 4 is 34.7 Å². The summed E-state index contributed by atoms with van der Waals surface area (Å²) < 4.78 is 6.20. The minimum Gasteiger partial charge on any atom is -0.467 e. The summed E-state index contributed by atoms with van der Waals surface area (Å²) in [4.78, 5) is 23.2. The average Bonchev–Trinajstić information content (AvgIpc) is 2.70. The van der Waals surface area contributed by atoms with Crippen molar-refractivity contribution in [2.45, 2.75) is 13.0 Å². The van der Waals surface area contributed by atoms with Crippen molar-refractivity contribution in [1.29, 1.82) is 0 Å². The van der Waals surface area contributed by atoms with Crippen LogP contribution in [0, 0.1) is 0 Å². The number of rotatable bonds is 2. The lowest BCUT2D eigenvalue weighted by Crippen LogP contribution is -2.17. The zero-order valence-electron chi connectivity index (χ0n) is 9.22. The summed E-state index contributed by atoms with van der Waals surface area (Å²) in [5.74, 6) is -0.365. The van der Waals surface area contributed by atoms with Crippen LogP contribution in [0.2, 0.25) is 5.15 Å². The number of imidazole rings is 1. The van der Waals surface area contributed by atoms with Gasteiger partial charge in [0.15, 0.2) is 10.8 Å². The van der Waals surface area contributed by atoms with Crippen LogP contribution in [0.3, 0.4) is 0 Å². The third-order valence-corrected chi connectivity index (χ3v) is 2.63. The first-order valence-electron chi connectivity index (χ1n) is 4.78. The minimum absolute atomic E-state index is 0.0403. The highest BCUT2D eigenvalue weighted by Crippen LogP contribution is 2.23. The molecule has 2 aromatic heterocycles. The van der Waals surface area contributed by atoms with E-state index in [0.717, 1.165) is 0 Å². The lowest BCUT2D eigenvalue weighted by molar-refractivity contribution is -0.143. The molecule has 0 aromatic carbocycles. The van der Waals surface area contributed by atoms with Gasteiger partial charge >= 0.3 is 5.97 Å². The Bertz CT molecular complexity index is 582. The lowest BCUT2D eigenvalue weighted by atomic mass is 10.3. The maximum absolute atomic E-state index is 11.5. The Balaban J connectivity index is 2.60. The molecule has 0 aliphatic rings. The molecule has 7 nitrogen and oxygen atoms in total. The number of carbonyl (C=O) groups is 1. The molecule has 0 amide bonds. The zero-order valence-corrected chi connectivity index (χ0v) is 9.97. The number of methoxy groups -OCH3 is 1. The van der Waals surface area contributed by atoms with Crippen LogP contribution in [-0.4, -0.2) is 32.6 Å². The van der Waals surface area contributed by atoms with E-state index in [0.29, 0.717) is 11.2 Å². The number of halogens is 1. The highest BCUT2D eigenvalue weighted by Gasteiger charge is 2.20. The Morgan fingerprint density at radius 3 is 2.94 bits per heavy atom. The molecule has 0 bridgehead atoms. The standard InChI is InChI=1S/C9H10ClN5O2/c1-4(8(16)17-2)15-3-12-7-5(15)6(10)13-9(11)14-7/h3-4H,1-2H3,(H2,11,13,14). The van der Waals surface area contributed by atoms with Gasteiger partial charge in [0, 0.05) is 0 Å². The van der Waals surface area contributed by atoms with Gasteiger partial charge in [-0.3, -0.25) is 0 Å². The largest absolute Gasteiger partial charge is 0.467 e. The number of hydrogen-bond acceptors (Lipinski definition) is 6. The van der Waals surface area contributed by atoms with Crippen molar-refractivity contribution in [3.63, 3.8) is 0 Å². The van der Waals surface area contributed by atoms with Gasteiger partial charge < -0.3 is 15.0 Å². The molecule has 0 saturated heterocycles. The molecule has 2 heterocycles. The van der Waals surface area contributed by atoms with E-state index in [9.17, 15) is 4.79 Å². The average molecular weight is 256 g/mol. The molecule has 1 atom stereocenters. The summed E-state index contributed by atoms with van der Waals surface area (Å²) in [7, 11) is 1.31. The molecule has 90 valence electrons. The van der Waals surface area contributed by atoms with Gasteiger partial charge in [0.1, 0.15) is 11.6 Å². The number of fused-ring (bicyclic) bond motifs is 1. The molecular formula is C9H10ClN5O2. The first-order chi connectivity index (χ1) is 8.04. The van der Waals surface area contributed by atoms with E-state index < -0.39 is 12.0 Å². The van der Waals surface area contributed by atoms with Crippen molar-refractivity contribution in [3.8, 4) is 0 Å². The lowest BCUT2D eigenvalue weighted by Gasteiger charge is -2.11. The fourth-order valence-corrected chi connectivity index (χ4v) is 1.77. The summed E-state index contributed by atoms with van der Waals surface area (Å²) in [6.07, 6.45) is 1.45. The predicted octanol–water partition coefficient (Wildman–Crippen LogP) is 0.796. The molecule has 17 heavy (non-hydrogen) atoms. The van der Waals surface area contributed by atoms with E-state index >= 15 is 0 Å². The third kappa shape index (κ3) is 1.89. The number of nitrogens with zero attached hydrogens (tertiary/aromatic N) is 4. The normalized spacial score (nSPS) is 12.6. The molecule has 1 unspecified atom stereocenters. The Morgan fingerprint density at radius 1 is 1.59 bits per heavy atom. The van der Waals surface area contributed by atoms with Crippen molar-refractivity contribution in [3.05, 3.63) is 11.5 Å². The number of esters is 1. The number of anilines is 1. The van der Waals surface area contributed by atoms with Crippen molar-refractivity contribution in [2.24, 2.45) is 0 Å². The summed E-state index contributed by atoms with van der Waals surface area (Å²) in [5, 5.41) is 0.153. The maximum Gasteiger partial charge on any atom is 0.328 e. The summed E-state index contributed by atoms with van der Waals surface area (Å²) in [6.45, 7) is 1.67. The second kappa shape index (κ2) is 4.17. The van der Waals surface area contributed by atoms with Gasteiger partial charge in [-0.1, -0.05) is 11.6 Å². The minimum atomic E-state index is -0.560. The molecule has 0 fully saturated rings. The van der Waals surface area contributed by atoms with Crippen LogP contribution in [0.5, 0.6) is 0 Å². The third-order valence-electron chi connectivity index (χ3n) is 2.36. The Hall–Kier alpha value is -1.89. The van der Waals surface area contributed by atoms with Crippen LogP contribution in [0.1, 0.15) is 13.0 Å². The summed E-state index contributed by atoms with van der Waals surface area (Å²) in [5.41, 5.74) is 6.25. The van der Waals surface area contributed by atoms with Crippen LogP contribution >= 0.6 is 11.6 Å². The molecule has 0 aliphatic heterocycles. The van der Waals surface area contributed by atoms with E-state index in [1.807, 2.05) is 0 Å². The molecule has 2 N–H and O–H groups in total. The summed E-state index contributed by atoms with van der Waals surface area (Å²) in [6, 6.07) is -0.560. The highest BCUT2D eigenvalue weighted by molar-refractivity contribution is 6.33. The number of hydrogen-bond donors (Lipinski definition) is 1. The Morgan fingerprint density at radius 2 is 2.29 bits per heavy atom. The van der Waals surface area contributed by atoms with Gasteiger partial charge in [-0.2, -0.15) is 9.97 Å². The highest BCUT2D eigenvalue weighted by atomic mass is 35.5. The smallest absolute Gasteiger partial charge is 0.328 e. The zero-order chi connectivity index (χ0) is 12.6. The van der Waals surface area contributed by atoms with Crippen molar-refractivity contribution < 1.29 is 9.53 Å². The van der Waals surface area contributed by atoms with Crippen LogP contribution in [0.25, 0.3) is 11.2 Å². The molecular weight excluding hydrogens is 246 g/mol. The van der Waals surface area contributed by atoms with Gasteiger partial charge in [0.2, 0.25) is 5.95 Å². The second-order valence-electron chi connectivity index (χ2n) is 3.40. The monoisotopic (exact) mass is 255 g/mol.